The number of carbonyl (C=O) groups is 1. The van der Waals surface area contributed by atoms with E-state index >= 15 is 0 Å². The number of rotatable bonds is 2. The van der Waals surface area contributed by atoms with Crippen LogP contribution in [0.2, 0.25) is 0 Å². The van der Waals surface area contributed by atoms with Gasteiger partial charge in [-0.1, -0.05) is 13.8 Å². The Morgan fingerprint density at radius 2 is 1.86 bits per heavy atom. The van der Waals surface area contributed by atoms with Crippen molar-refractivity contribution >= 4 is 31.9 Å². The lowest BCUT2D eigenvalue weighted by Crippen LogP contribution is -2.42. The number of piperidine rings is 1. The minimum absolute atomic E-state index is 0.0489. The van der Waals surface area contributed by atoms with Gasteiger partial charge in [-0.15, -0.1) is 0 Å². The van der Waals surface area contributed by atoms with Crippen LogP contribution in [0.5, 0.6) is 0 Å². The van der Waals surface area contributed by atoms with Crippen molar-refractivity contribution in [2.24, 2.45) is 17.0 Å². The van der Waals surface area contributed by atoms with Crippen molar-refractivity contribution in [3.63, 3.8) is 0 Å². The highest BCUT2D eigenvalue weighted by Gasteiger charge is 2.27. The maximum atomic E-state index is 12.7. The normalized spacial score (nSPS) is 23.1. The number of benzene rings is 1. The molecule has 1 aromatic rings. The van der Waals surface area contributed by atoms with Crippen LogP contribution in [0.25, 0.3) is 0 Å². The van der Waals surface area contributed by atoms with E-state index in [9.17, 15) is 13.2 Å². The van der Waals surface area contributed by atoms with E-state index in [1.54, 1.807) is 11.0 Å². The van der Waals surface area contributed by atoms with Crippen molar-refractivity contribution < 1.29 is 13.2 Å². The fourth-order valence-electron chi connectivity index (χ4n) is 2.84. The van der Waals surface area contributed by atoms with Gasteiger partial charge in [-0.2, -0.15) is 0 Å². The number of primary sulfonamides is 1. The molecule has 0 aliphatic carbocycles. The lowest BCUT2D eigenvalue weighted by Gasteiger charge is -2.35. The highest BCUT2D eigenvalue weighted by Crippen LogP contribution is 2.26. The Labute approximate surface area is 133 Å². The predicted octanol–water partition coefficient (Wildman–Crippen LogP) is 2.21. The highest BCUT2D eigenvalue weighted by molar-refractivity contribution is 9.10. The van der Waals surface area contributed by atoms with E-state index in [1.165, 1.54) is 12.1 Å². The Kier molecular flexibility index (Phi) is 4.75. The first-order valence-electron chi connectivity index (χ1n) is 6.80. The lowest BCUT2D eigenvalue weighted by molar-refractivity contribution is 0.0622. The summed E-state index contributed by atoms with van der Waals surface area (Å²) in [6.45, 7) is 5.61. The third-order valence-corrected chi connectivity index (χ3v) is 5.26. The summed E-state index contributed by atoms with van der Waals surface area (Å²) in [6, 6.07) is 4.27. The maximum Gasteiger partial charge on any atom is 0.255 e. The van der Waals surface area contributed by atoms with Crippen molar-refractivity contribution in [2.45, 2.75) is 25.2 Å². The quantitative estimate of drug-likeness (QED) is 0.861. The summed E-state index contributed by atoms with van der Waals surface area (Å²) in [5.41, 5.74) is 0.336. The maximum absolute atomic E-state index is 12.7. The van der Waals surface area contributed by atoms with Crippen molar-refractivity contribution in [1.82, 2.24) is 4.90 Å². The third-order valence-electron chi connectivity index (χ3n) is 3.65. The molecule has 116 valence electrons. The van der Waals surface area contributed by atoms with E-state index in [4.69, 9.17) is 5.14 Å². The van der Waals surface area contributed by atoms with Crippen LogP contribution in [0.4, 0.5) is 0 Å². The van der Waals surface area contributed by atoms with Gasteiger partial charge < -0.3 is 4.90 Å². The van der Waals surface area contributed by atoms with Gasteiger partial charge in [0.05, 0.1) is 10.5 Å². The average molecular weight is 375 g/mol. The van der Waals surface area contributed by atoms with E-state index in [0.717, 1.165) is 6.42 Å². The van der Waals surface area contributed by atoms with Crippen LogP contribution in [0.1, 0.15) is 30.6 Å². The summed E-state index contributed by atoms with van der Waals surface area (Å²) in [7, 11) is -3.82. The number of nitrogens with two attached hydrogens (primary N) is 1. The summed E-state index contributed by atoms with van der Waals surface area (Å²) in [5, 5.41) is 5.13. The molecule has 5 nitrogen and oxygen atoms in total. The van der Waals surface area contributed by atoms with E-state index in [0.29, 0.717) is 35.0 Å². The first-order valence-corrected chi connectivity index (χ1v) is 9.14. The number of halogens is 1. The van der Waals surface area contributed by atoms with Gasteiger partial charge in [0, 0.05) is 17.6 Å². The summed E-state index contributed by atoms with van der Waals surface area (Å²) >= 11 is 3.31. The molecule has 0 radical (unpaired) electrons. The minimum atomic E-state index is -3.82. The predicted molar refractivity (Wildman–Crippen MR) is 84.4 cm³/mol. The molecule has 1 saturated heterocycles. The van der Waals surface area contributed by atoms with E-state index in [1.807, 2.05) is 0 Å². The van der Waals surface area contributed by atoms with Gasteiger partial charge in [0.25, 0.3) is 5.91 Å². The molecule has 1 amide bonds. The first-order chi connectivity index (χ1) is 9.68. The van der Waals surface area contributed by atoms with Crippen LogP contribution in [0, 0.1) is 11.8 Å². The molecule has 2 unspecified atom stereocenters. The summed E-state index contributed by atoms with van der Waals surface area (Å²) in [5.74, 6) is 0.724. The Hall–Kier alpha value is -0.920. The fraction of sp³-hybridized carbons (Fsp3) is 0.500. The zero-order valence-corrected chi connectivity index (χ0v) is 14.4. The van der Waals surface area contributed by atoms with E-state index in [-0.39, 0.29) is 10.8 Å². The van der Waals surface area contributed by atoms with Crippen LogP contribution < -0.4 is 5.14 Å². The smallest absolute Gasteiger partial charge is 0.255 e. The molecule has 0 spiro atoms. The molecule has 0 bridgehead atoms. The summed E-state index contributed by atoms with van der Waals surface area (Å²) in [4.78, 5) is 14.4. The minimum Gasteiger partial charge on any atom is -0.338 e. The largest absolute Gasteiger partial charge is 0.338 e. The van der Waals surface area contributed by atoms with Gasteiger partial charge in [0.15, 0.2) is 0 Å². The van der Waals surface area contributed by atoms with Crippen LogP contribution >= 0.6 is 15.9 Å². The lowest BCUT2D eigenvalue weighted by atomic mass is 9.91. The second-order valence-corrected chi connectivity index (χ2v) is 8.26. The molecule has 2 rings (SSSR count). The fourth-order valence-corrected chi connectivity index (χ4v) is 3.80. The topological polar surface area (TPSA) is 80.5 Å². The Morgan fingerprint density at radius 3 is 2.38 bits per heavy atom. The summed E-state index contributed by atoms with van der Waals surface area (Å²) in [6.07, 6.45) is 1.10. The molecular formula is C14H19BrN2O3S. The molecule has 1 aliphatic heterocycles. The second-order valence-electron chi connectivity index (χ2n) is 5.84. The van der Waals surface area contributed by atoms with Crippen molar-refractivity contribution in [3.05, 3.63) is 28.2 Å². The zero-order valence-electron chi connectivity index (χ0n) is 12.0. The van der Waals surface area contributed by atoms with Crippen LogP contribution in [0.15, 0.2) is 27.6 Å². The van der Waals surface area contributed by atoms with Gasteiger partial charge in [-0.05, 0) is 52.4 Å². The molecule has 1 aliphatic rings. The molecule has 1 fully saturated rings. The number of hydrogen-bond acceptors (Lipinski definition) is 3. The number of hydrogen-bond donors (Lipinski definition) is 1. The van der Waals surface area contributed by atoms with Crippen LogP contribution in [-0.2, 0) is 10.0 Å². The number of sulfonamides is 1. The molecular weight excluding hydrogens is 356 g/mol. The molecule has 21 heavy (non-hydrogen) atoms. The van der Waals surface area contributed by atoms with Crippen molar-refractivity contribution in [1.29, 1.82) is 0 Å². The zero-order chi connectivity index (χ0) is 15.8. The molecule has 1 aromatic carbocycles. The van der Waals surface area contributed by atoms with Gasteiger partial charge in [0.1, 0.15) is 0 Å². The number of nitrogens with zero attached hydrogens (tertiary/aromatic N) is 1. The number of amides is 1. The third kappa shape index (κ3) is 3.84. The molecule has 1 heterocycles. The SMILES string of the molecule is CC1CC(C)CN(C(=O)c2cc(S(N)(=O)=O)ccc2Br)C1. The molecule has 2 N–H and O–H groups in total. The Morgan fingerprint density at radius 1 is 1.29 bits per heavy atom. The van der Waals surface area contributed by atoms with Crippen molar-refractivity contribution in [3.8, 4) is 0 Å². The first kappa shape index (κ1) is 16.5. The Balaban J connectivity index is 2.34. The van der Waals surface area contributed by atoms with Gasteiger partial charge in [-0.3, -0.25) is 4.79 Å². The van der Waals surface area contributed by atoms with Crippen molar-refractivity contribution in [2.75, 3.05) is 13.1 Å². The average Bonchev–Trinajstić information content (AvgIpc) is 2.36. The van der Waals surface area contributed by atoms with Gasteiger partial charge in [0.2, 0.25) is 10.0 Å². The second kappa shape index (κ2) is 6.06. The van der Waals surface area contributed by atoms with E-state index < -0.39 is 10.0 Å². The summed E-state index contributed by atoms with van der Waals surface area (Å²) < 4.78 is 23.4. The molecule has 7 heteroatoms. The van der Waals surface area contributed by atoms with E-state index in [2.05, 4.69) is 29.8 Å². The monoisotopic (exact) mass is 374 g/mol. The molecule has 2 atom stereocenters. The van der Waals surface area contributed by atoms with Crippen LogP contribution in [0.3, 0.4) is 0 Å². The molecule has 0 aromatic heterocycles. The van der Waals surface area contributed by atoms with Crippen LogP contribution in [-0.4, -0.2) is 32.3 Å². The molecule has 0 saturated carbocycles. The Bertz CT molecular complexity index is 650. The van der Waals surface area contributed by atoms with Gasteiger partial charge >= 0.3 is 0 Å². The standard InChI is InChI=1S/C14H19BrN2O3S/c1-9-5-10(2)8-17(7-9)14(18)12-6-11(21(16,19)20)3-4-13(12)15/h3-4,6,9-10H,5,7-8H2,1-2H3,(H2,16,19,20). The highest BCUT2D eigenvalue weighted by atomic mass is 79.9. The number of carbonyl (C=O) groups excluding carboxylic acids is 1. The van der Waals surface area contributed by atoms with Gasteiger partial charge in [-0.25, -0.2) is 13.6 Å². The number of likely N-dealkylation sites (tertiary alicyclic amines) is 1.